The Bertz CT molecular complexity index is 1750. The van der Waals surface area contributed by atoms with Crippen molar-refractivity contribution in [1.82, 2.24) is 9.55 Å². The Hall–Kier alpha value is -3.82. The van der Waals surface area contributed by atoms with Crippen molar-refractivity contribution in [2.45, 2.75) is 18.0 Å². The molecule has 2 aromatic heterocycles. The van der Waals surface area contributed by atoms with E-state index in [9.17, 15) is 21.6 Å². The lowest BCUT2D eigenvalue weighted by atomic mass is 9.98. The molecule has 2 heterocycles. The molecule has 0 aliphatic carbocycles. The molecular weight excluding hydrogens is 537 g/mol. The summed E-state index contributed by atoms with van der Waals surface area (Å²) in [6, 6.07) is 19.6. The van der Waals surface area contributed by atoms with E-state index in [0.717, 1.165) is 18.5 Å². The SMILES string of the molecule is Cc1nc(-c2ccc(Cl)cc2)c(-c2cc(-c3cccc(S(C)(=O)=O)c3)ccc2-n2ccc(C(F)(F)F)c2)o1. The van der Waals surface area contributed by atoms with Gasteiger partial charge in [0.1, 0.15) is 5.69 Å². The van der Waals surface area contributed by atoms with Crippen LogP contribution in [0.2, 0.25) is 5.02 Å². The van der Waals surface area contributed by atoms with E-state index < -0.39 is 21.6 Å². The second-order valence-electron chi connectivity index (χ2n) is 8.75. The molecule has 0 aliphatic rings. The highest BCUT2D eigenvalue weighted by Gasteiger charge is 2.32. The Morgan fingerprint density at radius 1 is 0.921 bits per heavy atom. The standard InChI is InChI=1S/C28H20ClF3N2O3S/c1-17-33-26(18-6-9-22(29)10-7-18)27(37-17)24-15-20(19-4-3-5-23(14-19)38(2,35)36)8-11-25(24)34-13-12-21(16-34)28(30,31)32/h3-16H,1-2H3. The molecule has 0 fully saturated rings. The fourth-order valence-corrected chi connectivity index (χ4v) is 4.95. The van der Waals surface area contributed by atoms with Crippen molar-refractivity contribution in [3.63, 3.8) is 0 Å². The van der Waals surface area contributed by atoms with Gasteiger partial charge in [0.15, 0.2) is 21.5 Å². The minimum atomic E-state index is -4.51. The number of alkyl halides is 3. The van der Waals surface area contributed by atoms with E-state index in [2.05, 4.69) is 4.98 Å². The van der Waals surface area contributed by atoms with Crippen LogP contribution in [0.1, 0.15) is 11.5 Å². The monoisotopic (exact) mass is 556 g/mol. The highest BCUT2D eigenvalue weighted by atomic mass is 35.5. The molecular formula is C28H20ClF3N2O3S. The number of hydrogen-bond donors (Lipinski definition) is 0. The van der Waals surface area contributed by atoms with Crippen LogP contribution in [0.4, 0.5) is 13.2 Å². The first-order valence-electron chi connectivity index (χ1n) is 11.3. The van der Waals surface area contributed by atoms with Crippen LogP contribution < -0.4 is 0 Å². The van der Waals surface area contributed by atoms with Gasteiger partial charge in [0.25, 0.3) is 0 Å². The van der Waals surface area contributed by atoms with E-state index in [4.69, 9.17) is 16.0 Å². The number of aromatic nitrogens is 2. The van der Waals surface area contributed by atoms with E-state index in [1.165, 1.54) is 16.8 Å². The van der Waals surface area contributed by atoms with Crippen LogP contribution in [-0.4, -0.2) is 24.2 Å². The van der Waals surface area contributed by atoms with Crippen molar-refractivity contribution in [3.8, 4) is 39.4 Å². The number of hydrogen-bond acceptors (Lipinski definition) is 4. The third-order valence-electron chi connectivity index (χ3n) is 5.99. The van der Waals surface area contributed by atoms with Crippen LogP contribution >= 0.6 is 11.6 Å². The normalized spacial score (nSPS) is 12.2. The molecule has 0 aliphatic heterocycles. The Labute approximate surface area is 222 Å². The third-order valence-corrected chi connectivity index (χ3v) is 7.35. The summed E-state index contributed by atoms with van der Waals surface area (Å²) in [6.45, 7) is 1.68. The molecule has 0 atom stereocenters. The first kappa shape index (κ1) is 25.8. The summed E-state index contributed by atoms with van der Waals surface area (Å²) in [7, 11) is -3.45. The van der Waals surface area contributed by atoms with E-state index in [-0.39, 0.29) is 4.90 Å². The van der Waals surface area contributed by atoms with E-state index >= 15 is 0 Å². The topological polar surface area (TPSA) is 65.1 Å². The van der Waals surface area contributed by atoms with Crippen molar-refractivity contribution in [2.75, 3.05) is 6.26 Å². The average molecular weight is 557 g/mol. The summed E-state index contributed by atoms with van der Waals surface area (Å²) >= 11 is 6.06. The zero-order valence-corrected chi connectivity index (χ0v) is 21.7. The van der Waals surface area contributed by atoms with Crippen LogP contribution in [0, 0.1) is 6.92 Å². The first-order valence-corrected chi connectivity index (χ1v) is 13.6. The predicted molar refractivity (Wildman–Crippen MR) is 140 cm³/mol. The lowest BCUT2D eigenvalue weighted by Crippen LogP contribution is -2.03. The van der Waals surface area contributed by atoms with Crippen LogP contribution in [0.25, 0.3) is 39.4 Å². The maximum Gasteiger partial charge on any atom is 0.417 e. The van der Waals surface area contributed by atoms with Crippen molar-refractivity contribution < 1.29 is 26.0 Å². The summed E-state index contributed by atoms with van der Waals surface area (Å²) in [5.41, 5.74) is 2.57. The number of nitrogens with zero attached hydrogens (tertiary/aromatic N) is 2. The molecule has 10 heteroatoms. The number of benzene rings is 3. The second kappa shape index (κ2) is 9.49. The van der Waals surface area contributed by atoms with Crippen molar-refractivity contribution in [3.05, 3.63) is 102 Å². The minimum absolute atomic E-state index is 0.151. The van der Waals surface area contributed by atoms with Crippen LogP contribution in [0.15, 0.2) is 94.5 Å². The maximum atomic E-state index is 13.4. The maximum absolute atomic E-state index is 13.4. The number of rotatable bonds is 5. The molecule has 5 nitrogen and oxygen atoms in total. The van der Waals surface area contributed by atoms with Gasteiger partial charge in [-0.2, -0.15) is 13.2 Å². The third kappa shape index (κ3) is 5.12. The lowest BCUT2D eigenvalue weighted by molar-refractivity contribution is -0.137. The minimum Gasteiger partial charge on any atom is -0.440 e. The predicted octanol–water partition coefficient (Wildman–Crippen LogP) is 7.85. The Balaban J connectivity index is 1.74. The number of oxazole rings is 1. The van der Waals surface area contributed by atoms with Crippen LogP contribution in [-0.2, 0) is 16.0 Å². The van der Waals surface area contributed by atoms with Gasteiger partial charge < -0.3 is 8.98 Å². The molecule has 0 saturated carbocycles. The fraction of sp³-hybridized carbons (Fsp3) is 0.107. The fourth-order valence-electron chi connectivity index (χ4n) is 4.16. The van der Waals surface area contributed by atoms with Crippen LogP contribution in [0.5, 0.6) is 0 Å². The molecule has 38 heavy (non-hydrogen) atoms. The van der Waals surface area contributed by atoms with E-state index in [1.54, 1.807) is 67.6 Å². The molecule has 3 aromatic carbocycles. The molecule has 0 saturated heterocycles. The zero-order valence-electron chi connectivity index (χ0n) is 20.1. The molecule has 0 bridgehead atoms. The Kier molecular flexibility index (Phi) is 6.44. The van der Waals surface area contributed by atoms with Gasteiger partial charge in [0.2, 0.25) is 0 Å². The van der Waals surface area contributed by atoms with Crippen LogP contribution in [0.3, 0.4) is 0 Å². The van der Waals surface area contributed by atoms with E-state index in [0.29, 0.717) is 50.3 Å². The summed E-state index contributed by atoms with van der Waals surface area (Å²) in [6.07, 6.45) is -1.04. The van der Waals surface area contributed by atoms with Crippen molar-refractivity contribution in [1.29, 1.82) is 0 Å². The molecule has 194 valence electrons. The first-order chi connectivity index (χ1) is 17.9. The van der Waals surface area contributed by atoms with Gasteiger partial charge in [-0.25, -0.2) is 13.4 Å². The van der Waals surface area contributed by atoms with Gasteiger partial charge >= 0.3 is 6.18 Å². The van der Waals surface area contributed by atoms with Gasteiger partial charge in [-0.3, -0.25) is 0 Å². The number of sulfone groups is 1. The largest absolute Gasteiger partial charge is 0.440 e. The second-order valence-corrected chi connectivity index (χ2v) is 11.2. The summed E-state index contributed by atoms with van der Waals surface area (Å²) in [5, 5.41) is 0.538. The zero-order chi connectivity index (χ0) is 27.2. The molecule has 5 aromatic rings. The smallest absolute Gasteiger partial charge is 0.417 e. The quantitative estimate of drug-likeness (QED) is 0.221. The molecule has 0 N–H and O–H groups in total. The van der Waals surface area contributed by atoms with E-state index in [1.807, 2.05) is 0 Å². The lowest BCUT2D eigenvalue weighted by Gasteiger charge is -2.14. The van der Waals surface area contributed by atoms with Gasteiger partial charge in [0.05, 0.1) is 16.1 Å². The van der Waals surface area contributed by atoms with Crippen molar-refractivity contribution >= 4 is 21.4 Å². The highest BCUT2D eigenvalue weighted by Crippen LogP contribution is 2.40. The molecule has 5 rings (SSSR count). The summed E-state index contributed by atoms with van der Waals surface area (Å²) < 4.78 is 71.8. The summed E-state index contributed by atoms with van der Waals surface area (Å²) in [5.74, 6) is 0.715. The Morgan fingerprint density at radius 3 is 2.26 bits per heavy atom. The molecule has 0 spiro atoms. The molecule has 0 amide bonds. The Morgan fingerprint density at radius 2 is 1.61 bits per heavy atom. The molecule has 0 radical (unpaired) electrons. The number of aryl methyl sites for hydroxylation is 1. The van der Waals surface area contributed by atoms with Gasteiger partial charge in [-0.15, -0.1) is 0 Å². The average Bonchev–Trinajstić information content (AvgIpc) is 3.51. The van der Waals surface area contributed by atoms with Gasteiger partial charge in [-0.05, 0) is 53.6 Å². The highest BCUT2D eigenvalue weighted by molar-refractivity contribution is 7.90. The van der Waals surface area contributed by atoms with Gasteiger partial charge in [-0.1, -0.05) is 41.9 Å². The summed E-state index contributed by atoms with van der Waals surface area (Å²) in [4.78, 5) is 4.69. The molecule has 0 unspecified atom stereocenters. The van der Waals surface area contributed by atoms with Gasteiger partial charge in [0, 0.05) is 41.7 Å². The van der Waals surface area contributed by atoms with Crippen molar-refractivity contribution in [2.24, 2.45) is 0 Å². The number of halogens is 4.